The second-order valence-electron chi connectivity index (χ2n) is 8.78. The van der Waals surface area contributed by atoms with Gasteiger partial charge in [0, 0.05) is 18.8 Å². The molecule has 0 spiro atoms. The van der Waals surface area contributed by atoms with Gasteiger partial charge in [-0.1, -0.05) is 43.7 Å². The molecule has 0 atom stereocenters. The van der Waals surface area contributed by atoms with Crippen LogP contribution in [0.3, 0.4) is 0 Å². The van der Waals surface area contributed by atoms with Gasteiger partial charge in [0.05, 0.1) is 15.5 Å². The van der Waals surface area contributed by atoms with Gasteiger partial charge in [-0.25, -0.2) is 16.8 Å². The van der Waals surface area contributed by atoms with Crippen molar-refractivity contribution in [2.75, 3.05) is 29.3 Å². The third kappa shape index (κ3) is 6.38. The van der Waals surface area contributed by atoms with E-state index in [9.17, 15) is 21.6 Å². The van der Waals surface area contributed by atoms with E-state index >= 15 is 0 Å². The highest BCUT2D eigenvalue weighted by atomic mass is 32.2. The zero-order chi connectivity index (χ0) is 27.4. The minimum Gasteiger partial charge on any atom is -0.325 e. The van der Waals surface area contributed by atoms with Crippen molar-refractivity contribution in [2.24, 2.45) is 0 Å². The lowest BCUT2D eigenvalue weighted by Crippen LogP contribution is -2.38. The van der Waals surface area contributed by atoms with Crippen LogP contribution in [0.5, 0.6) is 0 Å². The summed E-state index contributed by atoms with van der Waals surface area (Å²) in [6.07, 6.45) is 0. The minimum absolute atomic E-state index is 0.0813. The first kappa shape index (κ1) is 28.4. The fourth-order valence-corrected chi connectivity index (χ4v) is 6.81. The lowest BCUT2D eigenvalue weighted by Gasteiger charge is -2.26. The van der Waals surface area contributed by atoms with E-state index < -0.39 is 32.5 Å². The molecule has 0 aliphatic rings. The van der Waals surface area contributed by atoms with Gasteiger partial charge in [0.15, 0.2) is 0 Å². The molecule has 3 aromatic carbocycles. The number of sulfonamides is 2. The van der Waals surface area contributed by atoms with Gasteiger partial charge >= 0.3 is 0 Å². The quantitative estimate of drug-likeness (QED) is 0.406. The Morgan fingerprint density at radius 2 is 1.24 bits per heavy atom. The van der Waals surface area contributed by atoms with E-state index in [1.165, 1.54) is 40.7 Å². The fraction of sp³-hybridized carbons (Fsp3) is 0.296. The van der Waals surface area contributed by atoms with Crippen LogP contribution in [0, 0.1) is 20.8 Å². The standard InChI is InChI=1S/C27H33N3O5S2/c1-6-29(7-2)36(32,33)24-16-12-23(13-17-24)28-27(31)19-30(26-18-21(4)8-11-22(26)5)37(34,35)25-14-9-20(3)10-15-25/h8-18H,6-7,19H2,1-5H3,(H,28,31). The number of benzene rings is 3. The Bertz CT molecular complexity index is 1460. The van der Waals surface area contributed by atoms with Gasteiger partial charge in [-0.05, 0) is 74.4 Å². The van der Waals surface area contributed by atoms with Crippen LogP contribution < -0.4 is 9.62 Å². The maximum atomic E-state index is 13.6. The molecule has 0 unspecified atom stereocenters. The highest BCUT2D eigenvalue weighted by Gasteiger charge is 2.28. The van der Waals surface area contributed by atoms with Crippen LogP contribution in [-0.4, -0.2) is 46.7 Å². The van der Waals surface area contributed by atoms with Gasteiger partial charge in [-0.15, -0.1) is 0 Å². The van der Waals surface area contributed by atoms with Crippen molar-refractivity contribution in [1.29, 1.82) is 0 Å². The van der Waals surface area contributed by atoms with Crippen molar-refractivity contribution < 1.29 is 21.6 Å². The number of rotatable bonds is 10. The van der Waals surface area contributed by atoms with E-state index in [2.05, 4.69) is 5.32 Å². The summed E-state index contributed by atoms with van der Waals surface area (Å²) in [6.45, 7) is 9.28. The number of nitrogens with zero attached hydrogens (tertiary/aromatic N) is 2. The molecule has 0 aliphatic carbocycles. The summed E-state index contributed by atoms with van der Waals surface area (Å²) in [6, 6.07) is 17.7. The van der Waals surface area contributed by atoms with E-state index in [-0.39, 0.29) is 9.79 Å². The van der Waals surface area contributed by atoms with Gasteiger partial charge in [-0.3, -0.25) is 9.10 Å². The Morgan fingerprint density at radius 1 is 0.730 bits per heavy atom. The highest BCUT2D eigenvalue weighted by molar-refractivity contribution is 7.92. The summed E-state index contributed by atoms with van der Waals surface area (Å²) in [7, 11) is -7.68. The second-order valence-corrected chi connectivity index (χ2v) is 12.6. The average Bonchev–Trinajstić information content (AvgIpc) is 2.85. The Labute approximate surface area is 220 Å². The first-order chi connectivity index (χ1) is 17.4. The van der Waals surface area contributed by atoms with Gasteiger partial charge < -0.3 is 5.32 Å². The molecular weight excluding hydrogens is 510 g/mol. The van der Waals surface area contributed by atoms with Crippen LogP contribution in [-0.2, 0) is 24.8 Å². The molecule has 198 valence electrons. The molecule has 0 aliphatic heterocycles. The zero-order valence-electron chi connectivity index (χ0n) is 21.7. The number of amides is 1. The summed E-state index contributed by atoms with van der Waals surface area (Å²) in [5, 5.41) is 2.69. The predicted molar refractivity (Wildman–Crippen MR) is 147 cm³/mol. The summed E-state index contributed by atoms with van der Waals surface area (Å²) in [5.41, 5.74) is 3.25. The fourth-order valence-electron chi connectivity index (χ4n) is 3.88. The van der Waals surface area contributed by atoms with Crippen molar-refractivity contribution in [3.63, 3.8) is 0 Å². The van der Waals surface area contributed by atoms with E-state index in [4.69, 9.17) is 0 Å². The molecule has 3 rings (SSSR count). The number of hydrogen-bond donors (Lipinski definition) is 1. The lowest BCUT2D eigenvalue weighted by atomic mass is 10.1. The maximum Gasteiger partial charge on any atom is 0.264 e. The molecule has 0 aromatic heterocycles. The van der Waals surface area contributed by atoms with E-state index in [0.717, 1.165) is 15.4 Å². The van der Waals surface area contributed by atoms with Crippen molar-refractivity contribution in [1.82, 2.24) is 4.31 Å². The molecule has 0 fully saturated rings. The van der Waals surface area contributed by atoms with Crippen LogP contribution in [0.2, 0.25) is 0 Å². The average molecular weight is 544 g/mol. The molecule has 0 saturated carbocycles. The van der Waals surface area contributed by atoms with Crippen molar-refractivity contribution in [3.05, 3.63) is 83.4 Å². The molecule has 0 radical (unpaired) electrons. The van der Waals surface area contributed by atoms with Crippen LogP contribution in [0.25, 0.3) is 0 Å². The topological polar surface area (TPSA) is 104 Å². The van der Waals surface area contributed by atoms with Crippen LogP contribution in [0.4, 0.5) is 11.4 Å². The van der Waals surface area contributed by atoms with Crippen LogP contribution >= 0.6 is 0 Å². The number of anilines is 2. The lowest BCUT2D eigenvalue weighted by molar-refractivity contribution is -0.114. The van der Waals surface area contributed by atoms with Gasteiger partial charge in [-0.2, -0.15) is 4.31 Å². The summed E-state index contributed by atoms with van der Waals surface area (Å²) < 4.78 is 55.2. The largest absolute Gasteiger partial charge is 0.325 e. The van der Waals surface area contributed by atoms with Crippen LogP contribution in [0.1, 0.15) is 30.5 Å². The normalized spacial score (nSPS) is 11.9. The SMILES string of the molecule is CCN(CC)S(=O)(=O)c1ccc(NC(=O)CN(c2cc(C)ccc2C)S(=O)(=O)c2ccc(C)cc2)cc1. The first-order valence-electron chi connectivity index (χ1n) is 12.0. The number of nitrogens with one attached hydrogen (secondary N) is 1. The molecule has 0 saturated heterocycles. The number of carbonyl (C=O) groups is 1. The highest BCUT2D eigenvalue weighted by Crippen LogP contribution is 2.28. The summed E-state index contributed by atoms with van der Waals surface area (Å²) >= 11 is 0. The van der Waals surface area contributed by atoms with Crippen molar-refractivity contribution >= 4 is 37.3 Å². The molecule has 3 aromatic rings. The van der Waals surface area contributed by atoms with E-state index in [1.807, 2.05) is 26.0 Å². The van der Waals surface area contributed by atoms with Crippen molar-refractivity contribution in [2.45, 2.75) is 44.4 Å². The Morgan fingerprint density at radius 3 is 1.81 bits per heavy atom. The van der Waals surface area contributed by atoms with Gasteiger partial charge in [0.2, 0.25) is 15.9 Å². The number of hydrogen-bond acceptors (Lipinski definition) is 5. The smallest absolute Gasteiger partial charge is 0.264 e. The van der Waals surface area contributed by atoms with Gasteiger partial charge in [0.25, 0.3) is 10.0 Å². The molecular formula is C27H33N3O5S2. The van der Waals surface area contributed by atoms with E-state index in [0.29, 0.717) is 30.0 Å². The zero-order valence-corrected chi connectivity index (χ0v) is 23.4. The number of aryl methyl sites for hydroxylation is 3. The Kier molecular flexibility index (Phi) is 8.78. The molecule has 1 N–H and O–H groups in total. The third-order valence-electron chi connectivity index (χ3n) is 6.01. The Hall–Kier alpha value is -3.21. The molecule has 37 heavy (non-hydrogen) atoms. The third-order valence-corrected chi connectivity index (χ3v) is 9.85. The summed E-state index contributed by atoms with van der Waals surface area (Å²) in [5.74, 6) is -0.559. The molecule has 8 nitrogen and oxygen atoms in total. The van der Waals surface area contributed by atoms with Gasteiger partial charge in [0.1, 0.15) is 6.54 Å². The molecule has 0 heterocycles. The number of carbonyl (C=O) groups excluding carboxylic acids is 1. The Balaban J connectivity index is 1.90. The monoisotopic (exact) mass is 543 g/mol. The predicted octanol–water partition coefficient (Wildman–Crippen LogP) is 4.48. The molecule has 0 bridgehead atoms. The van der Waals surface area contributed by atoms with Crippen molar-refractivity contribution in [3.8, 4) is 0 Å². The molecule has 1 amide bonds. The molecule has 10 heteroatoms. The van der Waals surface area contributed by atoms with Crippen LogP contribution in [0.15, 0.2) is 76.5 Å². The second kappa shape index (κ2) is 11.5. The maximum absolute atomic E-state index is 13.6. The first-order valence-corrected chi connectivity index (χ1v) is 14.8. The summed E-state index contributed by atoms with van der Waals surface area (Å²) in [4.78, 5) is 13.3. The minimum atomic E-state index is -4.05. The van der Waals surface area contributed by atoms with E-state index in [1.54, 1.807) is 39.0 Å².